The Morgan fingerprint density at radius 2 is 1.91 bits per heavy atom. The molecule has 2 amide bonds. The molecule has 8 nitrogen and oxygen atoms in total. The minimum atomic E-state index is -0.246. The number of nitrogens with one attached hydrogen (secondary N) is 1. The van der Waals surface area contributed by atoms with Gasteiger partial charge in [-0.1, -0.05) is 12.1 Å². The smallest absolute Gasteiger partial charge is 0.291 e. The molecule has 0 radical (unpaired) electrons. The van der Waals surface area contributed by atoms with Gasteiger partial charge in [0.2, 0.25) is 11.7 Å². The molecular weight excluding hydrogens is 452 g/mol. The average molecular weight is 479 g/mol. The van der Waals surface area contributed by atoms with Crippen molar-refractivity contribution in [3.05, 3.63) is 57.9 Å². The van der Waals surface area contributed by atoms with Gasteiger partial charge in [0, 0.05) is 40.8 Å². The van der Waals surface area contributed by atoms with Gasteiger partial charge in [-0.3, -0.25) is 9.59 Å². The second-order valence-corrected chi connectivity index (χ2v) is 9.44. The van der Waals surface area contributed by atoms with Crippen molar-refractivity contribution >= 4 is 39.8 Å². The van der Waals surface area contributed by atoms with Crippen molar-refractivity contribution in [3.63, 3.8) is 0 Å². The van der Waals surface area contributed by atoms with Crippen LogP contribution in [0.1, 0.15) is 27.0 Å². The summed E-state index contributed by atoms with van der Waals surface area (Å²) in [6.45, 7) is 8.01. The number of carbonyl (C=O) groups is 2. The van der Waals surface area contributed by atoms with Crippen LogP contribution < -0.4 is 5.32 Å². The lowest BCUT2D eigenvalue weighted by molar-refractivity contribution is -0.116. The van der Waals surface area contributed by atoms with Crippen molar-refractivity contribution in [2.45, 2.75) is 27.3 Å². The van der Waals surface area contributed by atoms with E-state index >= 15 is 0 Å². The number of ether oxygens (including phenoxy) is 1. The fourth-order valence-corrected chi connectivity index (χ4v) is 4.96. The number of rotatable bonds is 5. The first kappa shape index (κ1) is 22.4. The zero-order chi connectivity index (χ0) is 23.8. The minimum absolute atomic E-state index is 0.117. The fraction of sp³-hybridized carbons (Fsp3) is 0.320. The Morgan fingerprint density at radius 1 is 1.15 bits per heavy atom. The Bertz CT molecular complexity index is 1380. The molecule has 1 aromatic carbocycles. The van der Waals surface area contributed by atoms with Gasteiger partial charge >= 0.3 is 0 Å². The molecular formula is C25H26N4O4S. The van der Waals surface area contributed by atoms with Gasteiger partial charge in [-0.25, -0.2) is 4.98 Å². The van der Waals surface area contributed by atoms with Gasteiger partial charge in [0.1, 0.15) is 17.8 Å². The Labute approximate surface area is 201 Å². The molecule has 0 saturated carbocycles. The summed E-state index contributed by atoms with van der Waals surface area (Å²) in [5.74, 6) is -0.328. The molecule has 0 spiro atoms. The highest BCUT2D eigenvalue weighted by molar-refractivity contribution is 7.09. The number of carbonyl (C=O) groups excluding carboxylic acids is 2. The van der Waals surface area contributed by atoms with Crippen LogP contribution >= 0.6 is 11.3 Å². The molecule has 4 aromatic rings. The van der Waals surface area contributed by atoms with Crippen LogP contribution in [0.2, 0.25) is 0 Å². The molecule has 34 heavy (non-hydrogen) atoms. The van der Waals surface area contributed by atoms with E-state index in [4.69, 9.17) is 9.15 Å². The van der Waals surface area contributed by atoms with E-state index in [1.807, 2.05) is 48.9 Å². The zero-order valence-corrected chi connectivity index (χ0v) is 20.2. The first-order valence-corrected chi connectivity index (χ1v) is 12.1. The van der Waals surface area contributed by atoms with Gasteiger partial charge in [-0.2, -0.15) is 0 Å². The van der Waals surface area contributed by atoms with Crippen molar-refractivity contribution in [2.75, 3.05) is 31.6 Å². The van der Waals surface area contributed by atoms with Crippen molar-refractivity contribution in [3.8, 4) is 11.3 Å². The molecule has 1 N–H and O–H groups in total. The van der Waals surface area contributed by atoms with Gasteiger partial charge < -0.3 is 23.9 Å². The van der Waals surface area contributed by atoms with Gasteiger partial charge in [0.25, 0.3) is 5.91 Å². The third-order valence-corrected chi connectivity index (χ3v) is 6.90. The van der Waals surface area contributed by atoms with Crippen molar-refractivity contribution < 1.29 is 18.7 Å². The summed E-state index contributed by atoms with van der Waals surface area (Å²) in [5, 5.41) is 6.70. The van der Waals surface area contributed by atoms with Gasteiger partial charge in [0.05, 0.1) is 23.9 Å². The van der Waals surface area contributed by atoms with E-state index in [0.29, 0.717) is 43.0 Å². The Kier molecular flexibility index (Phi) is 5.97. The number of benzene rings is 1. The molecule has 5 rings (SSSR count). The standard InChI is InChI=1S/C25H26N4O4S/c1-15-12-19(20-14-34-17(3)26-20)16(2)29(15)13-22(30)27-23-18-6-4-5-7-21(18)33-24(23)25(31)28-8-10-32-11-9-28/h4-7,12,14H,8-11,13H2,1-3H3,(H,27,30). The molecule has 3 aromatic heterocycles. The molecule has 1 aliphatic rings. The maximum Gasteiger partial charge on any atom is 0.291 e. The monoisotopic (exact) mass is 478 g/mol. The zero-order valence-electron chi connectivity index (χ0n) is 19.4. The highest BCUT2D eigenvalue weighted by Crippen LogP contribution is 2.33. The maximum absolute atomic E-state index is 13.2. The number of amides is 2. The number of thiazole rings is 1. The number of morpholine rings is 1. The average Bonchev–Trinajstić information content (AvgIpc) is 3.51. The van der Waals surface area contributed by atoms with Crippen molar-refractivity contribution in [2.24, 2.45) is 0 Å². The van der Waals surface area contributed by atoms with Crippen LogP contribution in [0.5, 0.6) is 0 Å². The molecule has 176 valence electrons. The topological polar surface area (TPSA) is 89.6 Å². The quantitative estimate of drug-likeness (QED) is 0.459. The number of hydrogen-bond donors (Lipinski definition) is 1. The number of para-hydroxylation sites is 1. The Morgan fingerprint density at radius 3 is 2.65 bits per heavy atom. The van der Waals surface area contributed by atoms with Crippen molar-refractivity contribution in [1.29, 1.82) is 0 Å². The molecule has 4 heterocycles. The van der Waals surface area contributed by atoms with E-state index in [2.05, 4.69) is 16.4 Å². The highest BCUT2D eigenvalue weighted by Gasteiger charge is 2.28. The Hall–Kier alpha value is -3.43. The summed E-state index contributed by atoms with van der Waals surface area (Å²) in [6, 6.07) is 9.40. The second-order valence-electron chi connectivity index (χ2n) is 8.38. The SMILES string of the molecule is Cc1nc(-c2cc(C)n(CC(=O)Nc3c(C(=O)N4CCOCC4)oc4ccccc34)c2C)cs1. The predicted molar refractivity (Wildman–Crippen MR) is 131 cm³/mol. The molecule has 0 atom stereocenters. The lowest BCUT2D eigenvalue weighted by Gasteiger charge is -2.26. The number of hydrogen-bond acceptors (Lipinski definition) is 6. The van der Waals surface area contributed by atoms with Crippen LogP contribution in [0, 0.1) is 20.8 Å². The van der Waals surface area contributed by atoms with Crippen LogP contribution in [0.4, 0.5) is 5.69 Å². The number of anilines is 1. The first-order valence-electron chi connectivity index (χ1n) is 11.2. The van der Waals surface area contributed by atoms with E-state index in [0.717, 1.165) is 27.7 Å². The summed E-state index contributed by atoms with van der Waals surface area (Å²) in [7, 11) is 0. The van der Waals surface area contributed by atoms with E-state index < -0.39 is 0 Å². The first-order chi connectivity index (χ1) is 16.4. The van der Waals surface area contributed by atoms with Gasteiger partial charge in [-0.15, -0.1) is 11.3 Å². The van der Waals surface area contributed by atoms with E-state index in [1.165, 1.54) is 0 Å². The van der Waals surface area contributed by atoms with Crippen LogP contribution in [-0.4, -0.2) is 52.6 Å². The third kappa shape index (κ3) is 4.12. The fourth-order valence-electron chi connectivity index (χ4n) is 4.34. The molecule has 9 heteroatoms. The van der Waals surface area contributed by atoms with Crippen LogP contribution in [-0.2, 0) is 16.1 Å². The van der Waals surface area contributed by atoms with Crippen molar-refractivity contribution in [1.82, 2.24) is 14.5 Å². The largest absolute Gasteiger partial charge is 0.449 e. The van der Waals surface area contributed by atoms with Crippen LogP contribution in [0.25, 0.3) is 22.2 Å². The number of nitrogens with zero attached hydrogens (tertiary/aromatic N) is 3. The number of fused-ring (bicyclic) bond motifs is 1. The second kappa shape index (κ2) is 9.08. The third-order valence-electron chi connectivity index (χ3n) is 6.12. The maximum atomic E-state index is 13.2. The van der Waals surface area contributed by atoms with E-state index in [-0.39, 0.29) is 24.1 Å². The number of aromatic nitrogens is 2. The molecule has 0 unspecified atom stereocenters. The minimum Gasteiger partial charge on any atom is -0.449 e. The van der Waals surface area contributed by atoms with Gasteiger partial charge in [0.15, 0.2) is 0 Å². The lowest BCUT2D eigenvalue weighted by Crippen LogP contribution is -2.40. The molecule has 1 fully saturated rings. The predicted octanol–water partition coefficient (Wildman–Crippen LogP) is 4.39. The van der Waals surface area contributed by atoms with Crippen LogP contribution in [0.15, 0.2) is 40.1 Å². The summed E-state index contributed by atoms with van der Waals surface area (Å²) in [5.41, 5.74) is 4.85. The molecule has 0 bridgehead atoms. The summed E-state index contributed by atoms with van der Waals surface area (Å²) >= 11 is 1.60. The summed E-state index contributed by atoms with van der Waals surface area (Å²) in [6.07, 6.45) is 0. The van der Waals surface area contributed by atoms with Gasteiger partial charge in [-0.05, 0) is 39.0 Å². The summed E-state index contributed by atoms with van der Waals surface area (Å²) < 4.78 is 13.2. The number of furan rings is 1. The molecule has 1 saturated heterocycles. The lowest BCUT2D eigenvalue weighted by atomic mass is 10.2. The van der Waals surface area contributed by atoms with E-state index in [1.54, 1.807) is 22.3 Å². The normalized spacial score (nSPS) is 14.0. The van der Waals surface area contributed by atoms with E-state index in [9.17, 15) is 9.59 Å². The molecule has 1 aliphatic heterocycles. The van der Waals surface area contributed by atoms with Crippen LogP contribution in [0.3, 0.4) is 0 Å². The highest BCUT2D eigenvalue weighted by atomic mass is 32.1. The molecule has 0 aliphatic carbocycles. The number of aryl methyl sites for hydroxylation is 2. The Balaban J connectivity index is 1.43. The summed E-state index contributed by atoms with van der Waals surface area (Å²) in [4.78, 5) is 32.7.